The Bertz CT molecular complexity index is 1010. The number of nitrogens with one attached hydrogen (secondary N) is 1. The van der Waals surface area contributed by atoms with Gasteiger partial charge in [-0.2, -0.15) is 0 Å². The predicted octanol–water partition coefficient (Wildman–Crippen LogP) is 5.71. The van der Waals surface area contributed by atoms with E-state index >= 15 is 0 Å². The molecule has 0 aliphatic rings. The van der Waals surface area contributed by atoms with Crippen molar-refractivity contribution in [3.8, 4) is 11.5 Å². The molecule has 0 unspecified atom stereocenters. The second-order valence-corrected chi connectivity index (χ2v) is 7.03. The van der Waals surface area contributed by atoms with Crippen molar-refractivity contribution in [3.63, 3.8) is 0 Å². The molecule has 29 heavy (non-hydrogen) atoms. The fourth-order valence-corrected chi connectivity index (χ4v) is 3.14. The molecule has 0 saturated carbocycles. The Morgan fingerprint density at radius 3 is 2.45 bits per heavy atom. The highest BCUT2D eigenvalue weighted by atomic mass is 16.5. The number of hydrogen-bond acceptors (Lipinski definition) is 3. The van der Waals surface area contributed by atoms with Gasteiger partial charge in [0.2, 0.25) is 0 Å². The smallest absolute Gasteiger partial charge is 0.255 e. The first-order valence-corrected chi connectivity index (χ1v) is 9.78. The van der Waals surface area contributed by atoms with Gasteiger partial charge in [0.05, 0.1) is 7.11 Å². The summed E-state index contributed by atoms with van der Waals surface area (Å²) >= 11 is 0. The average Bonchev–Trinajstić information content (AvgIpc) is 2.74. The van der Waals surface area contributed by atoms with Crippen molar-refractivity contribution in [2.24, 2.45) is 0 Å². The third-order valence-electron chi connectivity index (χ3n) is 5.06. The summed E-state index contributed by atoms with van der Waals surface area (Å²) in [4.78, 5) is 12.8. The van der Waals surface area contributed by atoms with E-state index in [-0.39, 0.29) is 5.91 Å². The Morgan fingerprint density at radius 1 is 0.931 bits per heavy atom. The van der Waals surface area contributed by atoms with E-state index in [1.54, 1.807) is 19.2 Å². The van der Waals surface area contributed by atoms with Crippen molar-refractivity contribution in [2.45, 2.75) is 33.8 Å². The molecule has 0 saturated heterocycles. The van der Waals surface area contributed by atoms with Crippen LogP contribution in [0.3, 0.4) is 0 Å². The van der Waals surface area contributed by atoms with Crippen LogP contribution in [0.4, 0.5) is 5.69 Å². The third-order valence-corrected chi connectivity index (χ3v) is 5.06. The van der Waals surface area contributed by atoms with E-state index in [9.17, 15) is 4.79 Å². The maximum Gasteiger partial charge on any atom is 0.255 e. The molecule has 0 radical (unpaired) electrons. The summed E-state index contributed by atoms with van der Waals surface area (Å²) in [6, 6.07) is 19.2. The Kier molecular flexibility index (Phi) is 6.55. The SMILES string of the molecule is CCc1ccccc1NC(=O)c1ccc(OC)c(COc2ccc(C)c(C)c2)c1. The summed E-state index contributed by atoms with van der Waals surface area (Å²) in [5, 5.41) is 3.01. The van der Waals surface area contributed by atoms with Crippen LogP contribution in [0.15, 0.2) is 60.7 Å². The highest BCUT2D eigenvalue weighted by Crippen LogP contribution is 2.24. The van der Waals surface area contributed by atoms with Gasteiger partial charge < -0.3 is 14.8 Å². The fraction of sp³-hybridized carbons (Fsp3) is 0.240. The lowest BCUT2D eigenvalue weighted by Crippen LogP contribution is -2.14. The van der Waals surface area contributed by atoms with Crippen molar-refractivity contribution in [1.29, 1.82) is 0 Å². The fourth-order valence-electron chi connectivity index (χ4n) is 3.14. The first kappa shape index (κ1) is 20.5. The molecule has 3 aromatic carbocycles. The molecule has 4 nitrogen and oxygen atoms in total. The van der Waals surface area contributed by atoms with Gasteiger partial charge in [-0.3, -0.25) is 4.79 Å². The van der Waals surface area contributed by atoms with Gasteiger partial charge in [0.25, 0.3) is 5.91 Å². The van der Waals surface area contributed by atoms with Crippen molar-refractivity contribution < 1.29 is 14.3 Å². The van der Waals surface area contributed by atoms with E-state index < -0.39 is 0 Å². The standard InChI is InChI=1S/C25H27NO3/c1-5-19-8-6-7-9-23(19)26-25(27)20-11-13-24(28-4)21(15-20)16-29-22-12-10-17(2)18(3)14-22/h6-15H,5,16H2,1-4H3,(H,26,27). The van der Waals surface area contributed by atoms with Crippen molar-refractivity contribution in [3.05, 3.63) is 88.5 Å². The molecule has 0 spiro atoms. The van der Waals surface area contributed by atoms with E-state index in [0.29, 0.717) is 17.9 Å². The zero-order valence-corrected chi connectivity index (χ0v) is 17.4. The second-order valence-electron chi connectivity index (χ2n) is 7.03. The number of hydrogen-bond donors (Lipinski definition) is 1. The number of para-hydroxylation sites is 1. The number of aryl methyl sites for hydroxylation is 3. The monoisotopic (exact) mass is 389 g/mol. The number of methoxy groups -OCH3 is 1. The first-order chi connectivity index (χ1) is 14.0. The van der Waals surface area contributed by atoms with Gasteiger partial charge in [0.1, 0.15) is 18.1 Å². The van der Waals surface area contributed by atoms with Gasteiger partial charge in [-0.15, -0.1) is 0 Å². The van der Waals surface area contributed by atoms with Crippen LogP contribution in [0.25, 0.3) is 0 Å². The van der Waals surface area contributed by atoms with Crippen LogP contribution in [0, 0.1) is 13.8 Å². The summed E-state index contributed by atoms with van der Waals surface area (Å²) in [6.07, 6.45) is 0.855. The average molecular weight is 389 g/mol. The molecule has 4 heteroatoms. The van der Waals surface area contributed by atoms with E-state index in [4.69, 9.17) is 9.47 Å². The number of carbonyl (C=O) groups excluding carboxylic acids is 1. The van der Waals surface area contributed by atoms with Gasteiger partial charge in [-0.1, -0.05) is 31.2 Å². The number of anilines is 1. The molecule has 0 atom stereocenters. The molecule has 3 rings (SSSR count). The van der Waals surface area contributed by atoms with E-state index in [1.165, 1.54) is 11.1 Å². The zero-order valence-electron chi connectivity index (χ0n) is 17.4. The highest BCUT2D eigenvalue weighted by molar-refractivity contribution is 6.04. The maximum atomic E-state index is 12.8. The molecule has 3 aromatic rings. The van der Waals surface area contributed by atoms with Crippen LogP contribution in [0.5, 0.6) is 11.5 Å². The van der Waals surface area contributed by atoms with Crippen LogP contribution in [0.1, 0.15) is 39.5 Å². The quantitative estimate of drug-likeness (QED) is 0.563. The maximum absolute atomic E-state index is 12.8. The Morgan fingerprint density at radius 2 is 1.72 bits per heavy atom. The molecule has 0 aromatic heterocycles. The number of rotatable bonds is 7. The van der Waals surface area contributed by atoms with Gasteiger partial charge in [-0.25, -0.2) is 0 Å². The van der Waals surface area contributed by atoms with Crippen molar-refractivity contribution in [1.82, 2.24) is 0 Å². The Hall–Kier alpha value is -3.27. The number of amides is 1. The lowest BCUT2D eigenvalue weighted by atomic mass is 10.1. The van der Waals surface area contributed by atoms with Crippen LogP contribution >= 0.6 is 0 Å². The Labute approximate surface area is 172 Å². The Balaban J connectivity index is 1.78. The summed E-state index contributed by atoms with van der Waals surface area (Å²) in [5.74, 6) is 1.34. The minimum atomic E-state index is -0.152. The number of benzene rings is 3. The van der Waals surface area contributed by atoms with E-state index in [0.717, 1.165) is 29.0 Å². The minimum absolute atomic E-state index is 0.152. The largest absolute Gasteiger partial charge is 0.496 e. The van der Waals surface area contributed by atoms with Crippen molar-refractivity contribution >= 4 is 11.6 Å². The van der Waals surface area contributed by atoms with Gasteiger partial charge in [0, 0.05) is 16.8 Å². The van der Waals surface area contributed by atoms with Gasteiger partial charge >= 0.3 is 0 Å². The summed E-state index contributed by atoms with van der Waals surface area (Å²) in [7, 11) is 1.62. The van der Waals surface area contributed by atoms with Crippen LogP contribution in [-0.4, -0.2) is 13.0 Å². The topological polar surface area (TPSA) is 47.6 Å². The lowest BCUT2D eigenvalue weighted by Gasteiger charge is -2.14. The molecule has 150 valence electrons. The molecule has 1 amide bonds. The molecule has 1 N–H and O–H groups in total. The lowest BCUT2D eigenvalue weighted by molar-refractivity contribution is 0.102. The normalized spacial score (nSPS) is 10.5. The molecule has 0 heterocycles. The minimum Gasteiger partial charge on any atom is -0.496 e. The first-order valence-electron chi connectivity index (χ1n) is 9.78. The molecule has 0 aliphatic heterocycles. The van der Waals surface area contributed by atoms with Crippen molar-refractivity contribution in [2.75, 3.05) is 12.4 Å². The molecule has 0 aliphatic carbocycles. The van der Waals surface area contributed by atoms with Crippen LogP contribution in [-0.2, 0) is 13.0 Å². The molecule has 0 fully saturated rings. The summed E-state index contributed by atoms with van der Waals surface area (Å²) in [6.45, 7) is 6.52. The van der Waals surface area contributed by atoms with Gasteiger partial charge in [-0.05, 0) is 73.4 Å². The second kappa shape index (κ2) is 9.28. The predicted molar refractivity (Wildman–Crippen MR) is 117 cm³/mol. The summed E-state index contributed by atoms with van der Waals surface area (Å²) < 4.78 is 11.4. The number of carbonyl (C=O) groups is 1. The molecular weight excluding hydrogens is 362 g/mol. The summed E-state index contributed by atoms with van der Waals surface area (Å²) in [5.41, 5.74) is 5.73. The highest BCUT2D eigenvalue weighted by Gasteiger charge is 2.13. The van der Waals surface area contributed by atoms with E-state index in [1.807, 2.05) is 48.5 Å². The van der Waals surface area contributed by atoms with Crippen LogP contribution in [0.2, 0.25) is 0 Å². The molecule has 0 bridgehead atoms. The number of ether oxygens (including phenoxy) is 2. The van der Waals surface area contributed by atoms with Crippen LogP contribution < -0.4 is 14.8 Å². The van der Waals surface area contributed by atoms with Gasteiger partial charge in [0.15, 0.2) is 0 Å². The van der Waals surface area contributed by atoms with E-state index in [2.05, 4.69) is 26.1 Å². The third kappa shape index (κ3) is 4.96. The molecular formula is C25H27NO3. The zero-order chi connectivity index (χ0) is 20.8.